The van der Waals surface area contributed by atoms with Crippen LogP contribution in [-0.4, -0.2) is 60.0 Å². The molecule has 0 saturated carbocycles. The van der Waals surface area contributed by atoms with E-state index in [1.807, 2.05) is 6.92 Å². The Hall–Kier alpha value is -2.25. The van der Waals surface area contributed by atoms with E-state index in [-0.39, 0.29) is 11.7 Å². The van der Waals surface area contributed by atoms with Crippen LogP contribution in [0.4, 0.5) is 4.39 Å². The summed E-state index contributed by atoms with van der Waals surface area (Å²) in [7, 11) is 0. The zero-order valence-corrected chi connectivity index (χ0v) is 14.4. The zero-order valence-electron chi connectivity index (χ0n) is 14.4. The molecule has 1 aliphatic rings. The first-order chi connectivity index (χ1) is 12.1. The summed E-state index contributed by atoms with van der Waals surface area (Å²) in [6.45, 7) is 7.26. The van der Waals surface area contributed by atoms with Crippen molar-refractivity contribution < 1.29 is 13.6 Å². The molecule has 1 aliphatic heterocycles. The number of amides is 1. The Morgan fingerprint density at radius 3 is 2.56 bits per heavy atom. The fourth-order valence-corrected chi connectivity index (χ4v) is 2.90. The number of oxazole rings is 1. The Balaban J connectivity index is 1.49. The highest BCUT2D eigenvalue weighted by atomic mass is 19.1. The molecule has 0 unspecified atom stereocenters. The summed E-state index contributed by atoms with van der Waals surface area (Å²) in [5, 5.41) is 2.83. The van der Waals surface area contributed by atoms with E-state index in [1.54, 1.807) is 18.4 Å². The molecule has 1 fully saturated rings. The topological polar surface area (TPSA) is 61.6 Å². The number of benzene rings is 1. The molecule has 6 nitrogen and oxygen atoms in total. The van der Waals surface area contributed by atoms with E-state index < -0.39 is 0 Å². The number of aromatic nitrogens is 1. The normalized spacial score (nSPS) is 16.1. The van der Waals surface area contributed by atoms with Crippen molar-refractivity contribution in [3.05, 3.63) is 42.0 Å². The van der Waals surface area contributed by atoms with Gasteiger partial charge in [-0.3, -0.25) is 14.6 Å². The van der Waals surface area contributed by atoms with Gasteiger partial charge in [-0.1, -0.05) is 0 Å². The lowest BCUT2D eigenvalue weighted by Crippen LogP contribution is -2.49. The van der Waals surface area contributed by atoms with E-state index in [9.17, 15) is 9.18 Å². The van der Waals surface area contributed by atoms with Gasteiger partial charge in [-0.05, 0) is 31.2 Å². The third kappa shape index (κ3) is 4.87. The van der Waals surface area contributed by atoms with E-state index in [2.05, 4.69) is 20.1 Å². The molecule has 1 aromatic heterocycles. The van der Waals surface area contributed by atoms with Crippen LogP contribution in [0.1, 0.15) is 12.6 Å². The van der Waals surface area contributed by atoms with Gasteiger partial charge in [0.15, 0.2) is 0 Å². The highest BCUT2D eigenvalue weighted by Crippen LogP contribution is 2.19. The van der Waals surface area contributed by atoms with E-state index in [0.717, 1.165) is 37.4 Å². The largest absolute Gasteiger partial charge is 0.444 e. The van der Waals surface area contributed by atoms with E-state index in [0.29, 0.717) is 25.5 Å². The first-order valence-electron chi connectivity index (χ1n) is 8.56. The van der Waals surface area contributed by atoms with Crippen LogP contribution in [0, 0.1) is 5.82 Å². The molecule has 134 valence electrons. The second-order valence-corrected chi connectivity index (χ2v) is 6.16. The molecule has 0 radical (unpaired) electrons. The fraction of sp³-hybridized carbons (Fsp3) is 0.444. The Labute approximate surface area is 146 Å². The van der Waals surface area contributed by atoms with Gasteiger partial charge >= 0.3 is 0 Å². The summed E-state index contributed by atoms with van der Waals surface area (Å²) in [4.78, 5) is 20.6. The first-order valence-corrected chi connectivity index (χ1v) is 8.56. The summed E-state index contributed by atoms with van der Waals surface area (Å²) >= 11 is 0. The lowest BCUT2D eigenvalue weighted by Gasteiger charge is -2.33. The van der Waals surface area contributed by atoms with Gasteiger partial charge in [-0.15, -0.1) is 0 Å². The SMILES string of the molecule is CCNC(=O)CN1CCN(Cc2coc(-c3ccc(F)cc3)n2)CC1. The van der Waals surface area contributed by atoms with Gasteiger partial charge in [0, 0.05) is 44.8 Å². The van der Waals surface area contributed by atoms with Gasteiger partial charge in [0.1, 0.15) is 12.1 Å². The summed E-state index contributed by atoms with van der Waals surface area (Å²) < 4.78 is 18.5. The van der Waals surface area contributed by atoms with E-state index in [4.69, 9.17) is 4.42 Å². The number of hydrogen-bond donors (Lipinski definition) is 1. The lowest BCUT2D eigenvalue weighted by atomic mass is 10.2. The summed E-state index contributed by atoms with van der Waals surface area (Å²) in [5.41, 5.74) is 1.62. The molecular formula is C18H23FN4O2. The minimum atomic E-state index is -0.277. The van der Waals surface area contributed by atoms with Crippen LogP contribution < -0.4 is 5.32 Å². The second-order valence-electron chi connectivity index (χ2n) is 6.16. The van der Waals surface area contributed by atoms with Crippen molar-refractivity contribution in [1.29, 1.82) is 0 Å². The average molecular weight is 346 g/mol. The number of nitrogens with zero attached hydrogens (tertiary/aromatic N) is 3. The molecule has 0 bridgehead atoms. The maximum absolute atomic E-state index is 13.0. The first kappa shape index (κ1) is 17.6. The quantitative estimate of drug-likeness (QED) is 0.863. The molecule has 25 heavy (non-hydrogen) atoms. The molecule has 3 rings (SSSR count). The Kier molecular flexibility index (Phi) is 5.78. The Morgan fingerprint density at radius 1 is 1.20 bits per heavy atom. The maximum Gasteiger partial charge on any atom is 0.234 e. The molecule has 0 atom stereocenters. The number of hydrogen-bond acceptors (Lipinski definition) is 5. The minimum absolute atomic E-state index is 0.0800. The predicted molar refractivity (Wildman–Crippen MR) is 92.3 cm³/mol. The maximum atomic E-state index is 13.0. The Morgan fingerprint density at radius 2 is 1.88 bits per heavy atom. The number of halogens is 1. The molecule has 0 aliphatic carbocycles. The molecule has 2 aromatic rings. The van der Waals surface area contributed by atoms with Crippen molar-refractivity contribution in [3.8, 4) is 11.5 Å². The van der Waals surface area contributed by atoms with Crippen LogP contribution in [0.5, 0.6) is 0 Å². The summed E-state index contributed by atoms with van der Waals surface area (Å²) in [6.07, 6.45) is 1.65. The van der Waals surface area contributed by atoms with Gasteiger partial charge in [0.25, 0.3) is 0 Å². The standard InChI is InChI=1S/C18H23FN4O2/c1-2-20-17(24)12-23-9-7-22(8-10-23)11-16-13-25-18(21-16)14-3-5-15(19)6-4-14/h3-6,13H,2,7-12H2,1H3,(H,20,24). The molecule has 1 N–H and O–H groups in total. The molecule has 0 spiro atoms. The van der Waals surface area contributed by atoms with Gasteiger partial charge in [-0.2, -0.15) is 0 Å². The van der Waals surface area contributed by atoms with Crippen LogP contribution in [0.25, 0.3) is 11.5 Å². The molecule has 1 aromatic carbocycles. The average Bonchev–Trinajstić information content (AvgIpc) is 3.06. The monoisotopic (exact) mass is 346 g/mol. The lowest BCUT2D eigenvalue weighted by molar-refractivity contribution is -0.122. The smallest absolute Gasteiger partial charge is 0.234 e. The molecule has 1 saturated heterocycles. The van der Waals surface area contributed by atoms with E-state index in [1.165, 1.54) is 12.1 Å². The number of carbonyl (C=O) groups excluding carboxylic acids is 1. The highest BCUT2D eigenvalue weighted by Gasteiger charge is 2.20. The van der Waals surface area contributed by atoms with Crippen molar-refractivity contribution in [1.82, 2.24) is 20.1 Å². The third-order valence-corrected chi connectivity index (χ3v) is 4.23. The van der Waals surface area contributed by atoms with Crippen molar-refractivity contribution >= 4 is 5.91 Å². The van der Waals surface area contributed by atoms with Gasteiger partial charge in [0.2, 0.25) is 11.8 Å². The van der Waals surface area contributed by atoms with Crippen LogP contribution in [-0.2, 0) is 11.3 Å². The molecular weight excluding hydrogens is 323 g/mol. The Bertz CT molecular complexity index is 693. The summed E-state index contributed by atoms with van der Waals surface area (Å²) in [5.74, 6) is 0.308. The highest BCUT2D eigenvalue weighted by molar-refractivity contribution is 5.77. The van der Waals surface area contributed by atoms with Gasteiger partial charge in [0.05, 0.1) is 12.2 Å². The number of likely N-dealkylation sites (N-methyl/N-ethyl adjacent to an activating group) is 1. The zero-order chi connectivity index (χ0) is 17.6. The van der Waals surface area contributed by atoms with Crippen LogP contribution >= 0.6 is 0 Å². The van der Waals surface area contributed by atoms with E-state index >= 15 is 0 Å². The van der Waals surface area contributed by atoms with Crippen LogP contribution in [0.3, 0.4) is 0 Å². The molecule has 7 heteroatoms. The number of rotatable bonds is 6. The molecule has 2 heterocycles. The van der Waals surface area contributed by atoms with Crippen LogP contribution in [0.2, 0.25) is 0 Å². The number of piperazine rings is 1. The minimum Gasteiger partial charge on any atom is -0.444 e. The predicted octanol–water partition coefficient (Wildman–Crippen LogP) is 1.73. The van der Waals surface area contributed by atoms with Crippen molar-refractivity contribution in [2.24, 2.45) is 0 Å². The van der Waals surface area contributed by atoms with Crippen LogP contribution in [0.15, 0.2) is 34.9 Å². The number of nitrogens with one attached hydrogen (secondary N) is 1. The second kappa shape index (κ2) is 8.22. The summed E-state index contributed by atoms with van der Waals surface area (Å²) in [6, 6.07) is 6.11. The molecule has 1 amide bonds. The van der Waals surface area contributed by atoms with Gasteiger partial charge < -0.3 is 9.73 Å². The van der Waals surface area contributed by atoms with Crippen molar-refractivity contribution in [2.75, 3.05) is 39.3 Å². The van der Waals surface area contributed by atoms with Crippen molar-refractivity contribution in [2.45, 2.75) is 13.5 Å². The van der Waals surface area contributed by atoms with Crippen molar-refractivity contribution in [3.63, 3.8) is 0 Å². The van der Waals surface area contributed by atoms with Gasteiger partial charge in [-0.25, -0.2) is 9.37 Å². The fourth-order valence-electron chi connectivity index (χ4n) is 2.90. The third-order valence-electron chi connectivity index (χ3n) is 4.23. The number of carbonyl (C=O) groups is 1.